The molecular formula is C14H21ClFNO. The van der Waals surface area contributed by atoms with Gasteiger partial charge in [-0.2, -0.15) is 0 Å². The van der Waals surface area contributed by atoms with E-state index in [1.54, 1.807) is 12.1 Å². The van der Waals surface area contributed by atoms with Gasteiger partial charge in [-0.05, 0) is 18.4 Å². The molecule has 0 aliphatic carbocycles. The highest BCUT2D eigenvalue weighted by atomic mass is 35.5. The number of halogens is 2. The predicted molar refractivity (Wildman–Crippen MR) is 73.8 cm³/mol. The van der Waals surface area contributed by atoms with Crippen LogP contribution in [-0.4, -0.2) is 19.0 Å². The van der Waals surface area contributed by atoms with Crippen molar-refractivity contribution < 1.29 is 9.13 Å². The van der Waals surface area contributed by atoms with Gasteiger partial charge in [0.1, 0.15) is 11.6 Å². The number of methoxy groups -OCH3 is 1. The van der Waals surface area contributed by atoms with Crippen molar-refractivity contribution in [2.75, 3.05) is 13.7 Å². The van der Waals surface area contributed by atoms with Crippen LogP contribution in [0.5, 0.6) is 5.75 Å². The summed E-state index contributed by atoms with van der Waals surface area (Å²) < 4.78 is 18.6. The fourth-order valence-electron chi connectivity index (χ4n) is 1.76. The lowest BCUT2D eigenvalue weighted by atomic mass is 10.1. The molecule has 0 aliphatic heterocycles. The average Bonchev–Trinajstić information content (AvgIpc) is 2.30. The van der Waals surface area contributed by atoms with E-state index in [1.807, 2.05) is 0 Å². The van der Waals surface area contributed by atoms with Crippen LogP contribution in [0.25, 0.3) is 0 Å². The Kier molecular flexibility index (Phi) is 6.44. The third kappa shape index (κ3) is 5.23. The van der Waals surface area contributed by atoms with E-state index in [-0.39, 0.29) is 11.2 Å². The van der Waals surface area contributed by atoms with E-state index in [4.69, 9.17) is 16.3 Å². The topological polar surface area (TPSA) is 21.3 Å². The molecule has 0 amide bonds. The predicted octanol–water partition coefficient (Wildman–Crippen LogP) is 3.58. The molecule has 0 saturated heterocycles. The van der Waals surface area contributed by atoms with Gasteiger partial charge in [0.15, 0.2) is 0 Å². The Balaban J connectivity index is 2.39. The SMILES string of the molecule is COc1ccc(CNCC(Cl)CC(C)C)c(F)c1. The number of benzene rings is 1. The van der Waals surface area contributed by atoms with Crippen molar-refractivity contribution in [3.8, 4) is 5.75 Å². The van der Waals surface area contributed by atoms with E-state index >= 15 is 0 Å². The van der Waals surface area contributed by atoms with Crippen LogP contribution >= 0.6 is 11.6 Å². The number of rotatable bonds is 7. The number of hydrogen-bond acceptors (Lipinski definition) is 2. The van der Waals surface area contributed by atoms with Crippen molar-refractivity contribution in [1.29, 1.82) is 0 Å². The van der Waals surface area contributed by atoms with Crippen molar-refractivity contribution in [2.45, 2.75) is 32.2 Å². The van der Waals surface area contributed by atoms with Crippen molar-refractivity contribution in [2.24, 2.45) is 5.92 Å². The lowest BCUT2D eigenvalue weighted by Gasteiger charge is -2.13. The van der Waals surface area contributed by atoms with Gasteiger partial charge in [-0.3, -0.25) is 0 Å². The van der Waals surface area contributed by atoms with Gasteiger partial charge in [0.05, 0.1) is 7.11 Å². The van der Waals surface area contributed by atoms with Crippen molar-refractivity contribution in [3.05, 3.63) is 29.6 Å². The molecule has 1 rings (SSSR count). The molecule has 18 heavy (non-hydrogen) atoms. The maximum Gasteiger partial charge on any atom is 0.131 e. The Morgan fingerprint density at radius 1 is 1.39 bits per heavy atom. The first-order valence-corrected chi connectivity index (χ1v) is 6.63. The van der Waals surface area contributed by atoms with E-state index in [9.17, 15) is 4.39 Å². The normalized spacial score (nSPS) is 12.8. The van der Waals surface area contributed by atoms with Crippen molar-refractivity contribution in [1.82, 2.24) is 5.32 Å². The van der Waals surface area contributed by atoms with Crippen molar-refractivity contribution in [3.63, 3.8) is 0 Å². The number of alkyl halides is 1. The molecule has 1 N–H and O–H groups in total. The molecule has 0 aromatic heterocycles. The van der Waals surface area contributed by atoms with Crippen LogP contribution in [0.3, 0.4) is 0 Å². The molecule has 0 bridgehead atoms. The van der Waals surface area contributed by atoms with E-state index in [0.29, 0.717) is 30.3 Å². The molecule has 102 valence electrons. The summed E-state index contributed by atoms with van der Waals surface area (Å²) in [7, 11) is 1.52. The van der Waals surface area contributed by atoms with Gasteiger partial charge in [0.25, 0.3) is 0 Å². The maximum atomic E-state index is 13.6. The highest BCUT2D eigenvalue weighted by Gasteiger charge is 2.08. The summed E-state index contributed by atoms with van der Waals surface area (Å²) in [5.41, 5.74) is 0.629. The minimum Gasteiger partial charge on any atom is -0.497 e. The molecule has 0 saturated carbocycles. The van der Waals surface area contributed by atoms with Gasteiger partial charge in [0, 0.05) is 30.1 Å². The first-order chi connectivity index (χ1) is 8.52. The molecule has 0 fully saturated rings. The summed E-state index contributed by atoms with van der Waals surface area (Å²) in [5, 5.41) is 3.26. The fraction of sp³-hybridized carbons (Fsp3) is 0.571. The van der Waals surface area contributed by atoms with E-state index in [0.717, 1.165) is 6.42 Å². The molecule has 4 heteroatoms. The van der Waals surface area contributed by atoms with Gasteiger partial charge >= 0.3 is 0 Å². The third-order valence-corrected chi connectivity index (χ3v) is 3.00. The highest BCUT2D eigenvalue weighted by Crippen LogP contribution is 2.16. The lowest BCUT2D eigenvalue weighted by Crippen LogP contribution is -2.24. The van der Waals surface area contributed by atoms with Crippen LogP contribution in [-0.2, 0) is 6.54 Å². The zero-order valence-electron chi connectivity index (χ0n) is 11.2. The minimum atomic E-state index is -0.253. The van der Waals surface area contributed by atoms with E-state index in [2.05, 4.69) is 19.2 Å². The Morgan fingerprint density at radius 3 is 2.67 bits per heavy atom. The Labute approximate surface area is 113 Å². The van der Waals surface area contributed by atoms with Gasteiger partial charge in [0.2, 0.25) is 0 Å². The smallest absolute Gasteiger partial charge is 0.131 e. The van der Waals surface area contributed by atoms with Crippen LogP contribution in [0.2, 0.25) is 0 Å². The van der Waals surface area contributed by atoms with Gasteiger partial charge in [-0.1, -0.05) is 19.9 Å². The highest BCUT2D eigenvalue weighted by molar-refractivity contribution is 6.20. The largest absolute Gasteiger partial charge is 0.497 e. The summed E-state index contributed by atoms with van der Waals surface area (Å²) in [6.07, 6.45) is 0.958. The van der Waals surface area contributed by atoms with Gasteiger partial charge < -0.3 is 10.1 Å². The van der Waals surface area contributed by atoms with E-state index < -0.39 is 0 Å². The van der Waals surface area contributed by atoms with Crippen LogP contribution in [0, 0.1) is 11.7 Å². The number of ether oxygens (including phenoxy) is 1. The average molecular weight is 274 g/mol. The monoisotopic (exact) mass is 273 g/mol. The zero-order valence-corrected chi connectivity index (χ0v) is 11.9. The Morgan fingerprint density at radius 2 is 2.11 bits per heavy atom. The molecule has 1 aromatic carbocycles. The Hall–Kier alpha value is -0.800. The fourth-order valence-corrected chi connectivity index (χ4v) is 2.22. The zero-order chi connectivity index (χ0) is 13.5. The molecule has 0 spiro atoms. The second-order valence-corrected chi connectivity index (χ2v) is 5.43. The second kappa shape index (κ2) is 7.59. The molecular weight excluding hydrogens is 253 g/mol. The minimum absolute atomic E-state index is 0.0892. The standard InChI is InChI=1S/C14H21ClFNO/c1-10(2)6-12(15)9-17-8-11-4-5-13(18-3)7-14(11)16/h4-5,7,10,12,17H,6,8-9H2,1-3H3. The van der Waals surface area contributed by atoms with Crippen molar-refractivity contribution >= 4 is 11.6 Å². The molecule has 0 heterocycles. The van der Waals surface area contributed by atoms with Crippen LogP contribution < -0.4 is 10.1 Å². The van der Waals surface area contributed by atoms with Gasteiger partial charge in [-0.15, -0.1) is 11.6 Å². The molecule has 0 aliphatic rings. The summed E-state index contributed by atoms with van der Waals surface area (Å²) >= 11 is 6.15. The molecule has 0 radical (unpaired) electrons. The summed E-state index contributed by atoms with van der Waals surface area (Å²) in [6.45, 7) is 5.44. The molecule has 2 nitrogen and oxygen atoms in total. The first kappa shape index (κ1) is 15.3. The quantitative estimate of drug-likeness (QED) is 0.767. The third-order valence-electron chi connectivity index (χ3n) is 2.67. The van der Waals surface area contributed by atoms with Gasteiger partial charge in [-0.25, -0.2) is 4.39 Å². The molecule has 1 unspecified atom stereocenters. The first-order valence-electron chi connectivity index (χ1n) is 6.20. The lowest BCUT2D eigenvalue weighted by molar-refractivity contribution is 0.410. The summed E-state index contributed by atoms with van der Waals surface area (Å²) in [4.78, 5) is 0. The van der Waals surface area contributed by atoms with Crippen LogP contribution in [0.4, 0.5) is 4.39 Å². The summed E-state index contributed by atoms with van der Waals surface area (Å²) in [5.74, 6) is 0.857. The molecule has 1 atom stereocenters. The maximum absolute atomic E-state index is 13.6. The van der Waals surface area contributed by atoms with E-state index in [1.165, 1.54) is 13.2 Å². The molecule has 1 aromatic rings. The number of hydrogen-bond donors (Lipinski definition) is 1. The second-order valence-electron chi connectivity index (χ2n) is 4.82. The number of nitrogens with one attached hydrogen (secondary N) is 1. The van der Waals surface area contributed by atoms with Crippen LogP contribution in [0.1, 0.15) is 25.8 Å². The Bertz CT molecular complexity index is 371. The summed E-state index contributed by atoms with van der Waals surface area (Å²) in [6, 6.07) is 4.88. The van der Waals surface area contributed by atoms with Crippen LogP contribution in [0.15, 0.2) is 18.2 Å².